The van der Waals surface area contributed by atoms with Crippen molar-refractivity contribution in [3.05, 3.63) is 64.0 Å². The summed E-state index contributed by atoms with van der Waals surface area (Å²) in [7, 11) is 0. The van der Waals surface area contributed by atoms with Gasteiger partial charge in [0.2, 0.25) is 0 Å². The SMILES string of the molecule is Cc1cccc(-c2cc3ccc(O)cc3c(=O)o2)c1C(F)(F)F. The first kappa shape index (κ1) is 15.1. The minimum absolute atomic E-state index is 0.0449. The predicted octanol–water partition coefficient (Wildman–Crippen LogP) is 4.49. The second-order valence-electron chi connectivity index (χ2n) is 5.16. The Labute approximate surface area is 128 Å². The number of hydrogen-bond donors (Lipinski definition) is 1. The van der Waals surface area contributed by atoms with Crippen molar-refractivity contribution < 1.29 is 22.7 Å². The van der Waals surface area contributed by atoms with Crippen LogP contribution in [-0.2, 0) is 6.18 Å². The molecule has 0 aliphatic rings. The molecule has 2 aromatic carbocycles. The lowest BCUT2D eigenvalue weighted by molar-refractivity contribution is -0.137. The number of phenolic OH excluding ortho intramolecular Hbond substituents is 1. The first-order chi connectivity index (χ1) is 10.8. The normalized spacial score (nSPS) is 11.8. The van der Waals surface area contributed by atoms with Gasteiger partial charge in [0, 0.05) is 5.56 Å². The average molecular weight is 320 g/mol. The van der Waals surface area contributed by atoms with E-state index < -0.39 is 17.4 Å². The van der Waals surface area contributed by atoms with Gasteiger partial charge in [0.05, 0.1) is 10.9 Å². The van der Waals surface area contributed by atoms with Crippen LogP contribution in [0.4, 0.5) is 13.2 Å². The third-order valence-corrected chi connectivity index (χ3v) is 3.57. The van der Waals surface area contributed by atoms with Gasteiger partial charge in [0.15, 0.2) is 0 Å². The fourth-order valence-electron chi connectivity index (χ4n) is 2.55. The van der Waals surface area contributed by atoms with E-state index in [1.54, 1.807) is 0 Å². The van der Waals surface area contributed by atoms with Crippen molar-refractivity contribution in [1.82, 2.24) is 0 Å². The molecule has 3 rings (SSSR count). The number of benzene rings is 2. The minimum Gasteiger partial charge on any atom is -0.508 e. The van der Waals surface area contributed by atoms with Gasteiger partial charge in [-0.2, -0.15) is 13.2 Å². The molecule has 1 aromatic heterocycles. The van der Waals surface area contributed by atoms with Crippen LogP contribution in [-0.4, -0.2) is 5.11 Å². The van der Waals surface area contributed by atoms with Gasteiger partial charge in [-0.15, -0.1) is 0 Å². The number of alkyl halides is 3. The molecule has 0 saturated carbocycles. The van der Waals surface area contributed by atoms with Crippen molar-refractivity contribution in [3.8, 4) is 17.1 Å². The van der Waals surface area contributed by atoms with Crippen LogP contribution >= 0.6 is 0 Å². The molecule has 0 radical (unpaired) electrons. The smallest absolute Gasteiger partial charge is 0.417 e. The number of fused-ring (bicyclic) bond motifs is 1. The summed E-state index contributed by atoms with van der Waals surface area (Å²) in [5.41, 5.74) is -1.78. The molecule has 0 fully saturated rings. The largest absolute Gasteiger partial charge is 0.508 e. The number of aryl methyl sites for hydroxylation is 1. The minimum atomic E-state index is -4.57. The van der Waals surface area contributed by atoms with Crippen molar-refractivity contribution in [1.29, 1.82) is 0 Å². The Kier molecular flexibility index (Phi) is 3.39. The van der Waals surface area contributed by atoms with E-state index in [1.165, 1.54) is 49.4 Å². The first-order valence-corrected chi connectivity index (χ1v) is 6.71. The van der Waals surface area contributed by atoms with Crippen LogP contribution in [0.2, 0.25) is 0 Å². The number of phenols is 1. The maximum Gasteiger partial charge on any atom is 0.417 e. The summed E-state index contributed by atoms with van der Waals surface area (Å²) in [5.74, 6) is -0.284. The van der Waals surface area contributed by atoms with E-state index in [2.05, 4.69) is 0 Å². The molecule has 1 N–H and O–H groups in total. The van der Waals surface area contributed by atoms with Crippen LogP contribution in [0.25, 0.3) is 22.1 Å². The fourth-order valence-corrected chi connectivity index (χ4v) is 2.55. The maximum absolute atomic E-state index is 13.3. The highest BCUT2D eigenvalue weighted by Gasteiger charge is 2.36. The zero-order valence-electron chi connectivity index (χ0n) is 11.9. The summed E-state index contributed by atoms with van der Waals surface area (Å²) in [6.07, 6.45) is -4.57. The molecule has 6 heteroatoms. The molecule has 23 heavy (non-hydrogen) atoms. The highest BCUT2D eigenvalue weighted by Crippen LogP contribution is 2.39. The van der Waals surface area contributed by atoms with Gasteiger partial charge in [-0.1, -0.05) is 24.3 Å². The molecule has 0 aliphatic carbocycles. The molecule has 0 spiro atoms. The summed E-state index contributed by atoms with van der Waals surface area (Å²) in [6.45, 7) is 1.35. The molecule has 1 heterocycles. The van der Waals surface area contributed by atoms with E-state index >= 15 is 0 Å². The lowest BCUT2D eigenvalue weighted by Crippen LogP contribution is -2.10. The van der Waals surface area contributed by atoms with E-state index in [1.807, 2.05) is 0 Å². The van der Waals surface area contributed by atoms with Crippen LogP contribution in [0.3, 0.4) is 0 Å². The molecule has 0 bridgehead atoms. The second kappa shape index (κ2) is 5.15. The highest BCUT2D eigenvalue weighted by atomic mass is 19.4. The van der Waals surface area contributed by atoms with Crippen LogP contribution < -0.4 is 5.63 Å². The van der Waals surface area contributed by atoms with E-state index in [0.717, 1.165) is 0 Å². The number of aromatic hydroxyl groups is 1. The summed E-state index contributed by atoms with van der Waals surface area (Å²) < 4.78 is 45.0. The molecule has 0 unspecified atom stereocenters. The molecule has 3 nitrogen and oxygen atoms in total. The standard InChI is InChI=1S/C17H11F3O3/c1-9-3-2-4-12(15(9)17(18,19)20)14-7-10-5-6-11(21)8-13(10)16(22)23-14/h2-8,21H,1H3. The van der Waals surface area contributed by atoms with Crippen LogP contribution in [0.5, 0.6) is 5.75 Å². The molecule has 3 aromatic rings. The van der Waals surface area contributed by atoms with Gasteiger partial charge < -0.3 is 9.52 Å². The Morgan fingerprint density at radius 1 is 1.09 bits per heavy atom. The zero-order chi connectivity index (χ0) is 16.8. The van der Waals surface area contributed by atoms with Gasteiger partial charge in [-0.3, -0.25) is 0 Å². The van der Waals surface area contributed by atoms with Gasteiger partial charge in [-0.25, -0.2) is 4.79 Å². The van der Waals surface area contributed by atoms with E-state index in [4.69, 9.17) is 4.42 Å². The monoisotopic (exact) mass is 320 g/mol. The Morgan fingerprint density at radius 3 is 2.52 bits per heavy atom. The average Bonchev–Trinajstić information content (AvgIpc) is 2.46. The number of rotatable bonds is 1. The lowest BCUT2D eigenvalue weighted by Gasteiger charge is -2.15. The predicted molar refractivity (Wildman–Crippen MR) is 79.3 cm³/mol. The van der Waals surface area contributed by atoms with E-state index in [-0.39, 0.29) is 28.0 Å². The van der Waals surface area contributed by atoms with Gasteiger partial charge >= 0.3 is 11.8 Å². The summed E-state index contributed by atoms with van der Waals surface area (Å²) >= 11 is 0. The topological polar surface area (TPSA) is 50.4 Å². The number of hydrogen-bond acceptors (Lipinski definition) is 3. The lowest BCUT2D eigenvalue weighted by atomic mass is 9.98. The van der Waals surface area contributed by atoms with E-state index in [0.29, 0.717) is 5.39 Å². The van der Waals surface area contributed by atoms with Crippen LogP contribution in [0, 0.1) is 6.92 Å². The van der Waals surface area contributed by atoms with Crippen molar-refractivity contribution in [2.24, 2.45) is 0 Å². The van der Waals surface area contributed by atoms with Crippen LogP contribution in [0.15, 0.2) is 51.7 Å². The highest BCUT2D eigenvalue weighted by molar-refractivity contribution is 5.85. The summed E-state index contributed by atoms with van der Waals surface area (Å²) in [4.78, 5) is 12.0. The van der Waals surface area contributed by atoms with Gasteiger partial charge in [0.1, 0.15) is 11.5 Å². The molecule has 0 aliphatic heterocycles. The molecular weight excluding hydrogens is 309 g/mol. The molecule has 0 amide bonds. The Balaban J connectivity index is 2.33. The van der Waals surface area contributed by atoms with Crippen molar-refractivity contribution >= 4 is 10.8 Å². The Hall–Kier alpha value is -2.76. The van der Waals surface area contributed by atoms with Crippen molar-refractivity contribution in [3.63, 3.8) is 0 Å². The number of halogens is 3. The molecule has 0 saturated heterocycles. The summed E-state index contributed by atoms with van der Waals surface area (Å²) in [5, 5.41) is 9.90. The van der Waals surface area contributed by atoms with Crippen molar-refractivity contribution in [2.75, 3.05) is 0 Å². The third kappa shape index (κ3) is 2.67. The van der Waals surface area contributed by atoms with Gasteiger partial charge in [0.25, 0.3) is 0 Å². The second-order valence-corrected chi connectivity index (χ2v) is 5.16. The Morgan fingerprint density at radius 2 is 1.83 bits per heavy atom. The third-order valence-electron chi connectivity index (χ3n) is 3.57. The quantitative estimate of drug-likeness (QED) is 0.718. The molecule has 118 valence electrons. The fraction of sp³-hybridized carbons (Fsp3) is 0.118. The Bertz CT molecular complexity index is 955. The van der Waals surface area contributed by atoms with Crippen LogP contribution in [0.1, 0.15) is 11.1 Å². The maximum atomic E-state index is 13.3. The van der Waals surface area contributed by atoms with Gasteiger partial charge in [-0.05, 0) is 36.1 Å². The molecular formula is C17H11F3O3. The zero-order valence-corrected chi connectivity index (χ0v) is 11.9. The van der Waals surface area contributed by atoms with E-state index in [9.17, 15) is 23.1 Å². The van der Waals surface area contributed by atoms with Crippen molar-refractivity contribution in [2.45, 2.75) is 13.1 Å². The first-order valence-electron chi connectivity index (χ1n) is 6.71. The molecule has 0 atom stereocenters. The summed E-state index contributed by atoms with van der Waals surface area (Å²) in [6, 6.07) is 9.47.